The monoisotopic (exact) mass is 339 g/mol. The van der Waals surface area contributed by atoms with Gasteiger partial charge >= 0.3 is 0 Å². The number of ether oxygens (including phenoxy) is 1. The number of para-hydroxylation sites is 1. The summed E-state index contributed by atoms with van der Waals surface area (Å²) in [5, 5.41) is 12.4. The molecular weight excluding hydrogens is 322 g/mol. The van der Waals surface area contributed by atoms with Gasteiger partial charge in [-0.2, -0.15) is 5.26 Å². The molecular formula is C18H17N3O2S. The Hall–Kier alpha value is -2.52. The summed E-state index contributed by atoms with van der Waals surface area (Å²) in [7, 11) is 0. The van der Waals surface area contributed by atoms with Crippen molar-refractivity contribution in [3.05, 3.63) is 53.7 Å². The summed E-state index contributed by atoms with van der Waals surface area (Å²) < 4.78 is 5.62. The minimum absolute atomic E-state index is 0.0381. The summed E-state index contributed by atoms with van der Waals surface area (Å²) in [5.74, 6) is 0.781. The molecule has 0 bridgehead atoms. The Morgan fingerprint density at radius 1 is 1.46 bits per heavy atom. The maximum Gasteiger partial charge on any atom is 0.233 e. The highest BCUT2D eigenvalue weighted by atomic mass is 32.2. The Balaban J connectivity index is 1.66. The van der Waals surface area contributed by atoms with E-state index in [1.807, 2.05) is 31.2 Å². The molecule has 6 heteroatoms. The lowest BCUT2D eigenvalue weighted by molar-refractivity contribution is -0.121. The summed E-state index contributed by atoms with van der Waals surface area (Å²) in [6.07, 6.45) is 2.34. The fraction of sp³-hybridized carbons (Fsp3) is 0.278. The van der Waals surface area contributed by atoms with Crippen molar-refractivity contribution in [2.24, 2.45) is 0 Å². The molecule has 5 nitrogen and oxygen atoms in total. The smallest absolute Gasteiger partial charge is 0.233 e. The summed E-state index contributed by atoms with van der Waals surface area (Å²) in [5.41, 5.74) is 1.55. The van der Waals surface area contributed by atoms with Crippen LogP contribution in [0.3, 0.4) is 0 Å². The number of amides is 1. The van der Waals surface area contributed by atoms with Crippen molar-refractivity contribution in [1.82, 2.24) is 10.3 Å². The zero-order chi connectivity index (χ0) is 16.9. The average Bonchev–Trinajstić information content (AvgIpc) is 2.62. The van der Waals surface area contributed by atoms with Gasteiger partial charge in [0, 0.05) is 18.2 Å². The van der Waals surface area contributed by atoms with E-state index >= 15 is 0 Å². The Kier molecular flexibility index (Phi) is 5.02. The van der Waals surface area contributed by atoms with Crippen LogP contribution in [0, 0.1) is 11.3 Å². The number of aromatic nitrogens is 1. The molecule has 3 rings (SSSR count). The van der Waals surface area contributed by atoms with Crippen molar-refractivity contribution >= 4 is 17.7 Å². The van der Waals surface area contributed by atoms with Crippen LogP contribution in [0.2, 0.25) is 0 Å². The van der Waals surface area contributed by atoms with E-state index in [1.54, 1.807) is 18.3 Å². The summed E-state index contributed by atoms with van der Waals surface area (Å²) in [6.45, 7) is 2.43. The van der Waals surface area contributed by atoms with E-state index in [0.29, 0.717) is 17.2 Å². The van der Waals surface area contributed by atoms with Crippen molar-refractivity contribution in [3.8, 4) is 11.8 Å². The van der Waals surface area contributed by atoms with Crippen molar-refractivity contribution < 1.29 is 9.53 Å². The molecule has 0 saturated heterocycles. The number of fused-ring (bicyclic) bond motifs is 1. The second kappa shape index (κ2) is 7.37. The Bertz CT molecular complexity index is 788. The third-order valence-electron chi connectivity index (χ3n) is 3.81. The molecule has 2 heterocycles. The molecule has 24 heavy (non-hydrogen) atoms. The second-order valence-electron chi connectivity index (χ2n) is 5.49. The van der Waals surface area contributed by atoms with Gasteiger partial charge in [-0.25, -0.2) is 4.98 Å². The van der Waals surface area contributed by atoms with E-state index < -0.39 is 0 Å². The number of rotatable bonds is 4. The number of nitrogens with one attached hydrogen (secondary N) is 1. The lowest BCUT2D eigenvalue weighted by Gasteiger charge is -2.27. The first kappa shape index (κ1) is 16.3. The first-order valence-corrected chi connectivity index (χ1v) is 8.60. The molecule has 2 aromatic rings. The van der Waals surface area contributed by atoms with Crippen LogP contribution in [-0.4, -0.2) is 22.7 Å². The first-order chi connectivity index (χ1) is 11.7. The zero-order valence-electron chi connectivity index (χ0n) is 13.2. The zero-order valence-corrected chi connectivity index (χ0v) is 14.0. The van der Waals surface area contributed by atoms with Crippen molar-refractivity contribution in [3.63, 3.8) is 0 Å². The number of carbonyl (C=O) groups is 1. The summed E-state index contributed by atoms with van der Waals surface area (Å²) in [6, 6.07) is 13.2. The largest absolute Gasteiger partial charge is 0.493 e. The molecule has 1 N–H and O–H groups in total. The third kappa shape index (κ3) is 3.69. The predicted octanol–water partition coefficient (Wildman–Crippen LogP) is 3.07. The molecule has 1 amide bonds. The predicted molar refractivity (Wildman–Crippen MR) is 91.7 cm³/mol. The van der Waals surface area contributed by atoms with E-state index in [9.17, 15) is 4.79 Å². The number of hydrogen-bond acceptors (Lipinski definition) is 5. The van der Waals surface area contributed by atoms with Crippen LogP contribution in [0.1, 0.15) is 30.5 Å². The van der Waals surface area contributed by atoms with Crippen molar-refractivity contribution in [1.29, 1.82) is 5.26 Å². The van der Waals surface area contributed by atoms with Gasteiger partial charge in [0.1, 0.15) is 5.75 Å². The topological polar surface area (TPSA) is 75.0 Å². The standard InChI is InChI=1S/C18H17N3O2S/c1-12(24-17-10-13(11-19)6-8-20-17)18(22)21-15-7-9-23-16-5-3-2-4-14(15)16/h2-6,8,10,12,15H,7,9H2,1H3,(H,21,22). The van der Waals surface area contributed by atoms with Crippen LogP contribution in [0.25, 0.3) is 0 Å². The van der Waals surface area contributed by atoms with E-state index in [1.165, 1.54) is 11.8 Å². The fourth-order valence-electron chi connectivity index (χ4n) is 2.56. The molecule has 0 spiro atoms. The summed E-state index contributed by atoms with van der Waals surface area (Å²) in [4.78, 5) is 16.7. The molecule has 122 valence electrons. The number of thioether (sulfide) groups is 1. The van der Waals surface area contributed by atoms with Gasteiger partial charge < -0.3 is 10.1 Å². The minimum atomic E-state index is -0.304. The highest BCUT2D eigenvalue weighted by molar-refractivity contribution is 8.00. The highest BCUT2D eigenvalue weighted by Gasteiger charge is 2.25. The van der Waals surface area contributed by atoms with Crippen LogP contribution >= 0.6 is 11.8 Å². The highest BCUT2D eigenvalue weighted by Crippen LogP contribution is 2.32. The van der Waals surface area contributed by atoms with Gasteiger partial charge in [0.05, 0.1) is 34.6 Å². The van der Waals surface area contributed by atoms with Gasteiger partial charge in [-0.1, -0.05) is 30.0 Å². The lowest BCUT2D eigenvalue weighted by atomic mass is 10.0. The fourth-order valence-corrected chi connectivity index (χ4v) is 3.41. The molecule has 1 aliphatic rings. The van der Waals surface area contributed by atoms with Gasteiger partial charge in [-0.05, 0) is 25.1 Å². The van der Waals surface area contributed by atoms with Gasteiger partial charge in [0.15, 0.2) is 0 Å². The molecule has 0 saturated carbocycles. The van der Waals surface area contributed by atoms with Gasteiger partial charge in [0.25, 0.3) is 0 Å². The first-order valence-electron chi connectivity index (χ1n) is 7.72. The molecule has 2 atom stereocenters. The quantitative estimate of drug-likeness (QED) is 0.867. The van der Waals surface area contributed by atoms with Gasteiger partial charge in [-0.3, -0.25) is 4.79 Å². The second-order valence-corrected chi connectivity index (χ2v) is 6.85. The molecule has 0 fully saturated rings. The number of carbonyl (C=O) groups excluding carboxylic acids is 1. The molecule has 0 aliphatic carbocycles. The third-order valence-corrected chi connectivity index (χ3v) is 4.84. The number of benzene rings is 1. The van der Waals surface area contributed by atoms with Gasteiger partial charge in [0.2, 0.25) is 5.91 Å². The van der Waals surface area contributed by atoms with E-state index in [2.05, 4.69) is 16.4 Å². The maximum absolute atomic E-state index is 12.5. The normalized spacial score (nSPS) is 17.1. The van der Waals surface area contributed by atoms with E-state index in [-0.39, 0.29) is 17.2 Å². The molecule has 1 aromatic carbocycles. The average molecular weight is 339 g/mol. The minimum Gasteiger partial charge on any atom is -0.493 e. The number of nitriles is 1. The maximum atomic E-state index is 12.5. The number of nitrogens with zero attached hydrogens (tertiary/aromatic N) is 2. The van der Waals surface area contributed by atoms with Crippen LogP contribution in [-0.2, 0) is 4.79 Å². The summed E-state index contributed by atoms with van der Waals surface area (Å²) >= 11 is 1.35. The molecule has 1 aromatic heterocycles. The number of hydrogen-bond donors (Lipinski definition) is 1. The van der Waals surface area contributed by atoms with Crippen LogP contribution in [0.5, 0.6) is 5.75 Å². The van der Waals surface area contributed by atoms with Crippen molar-refractivity contribution in [2.75, 3.05) is 6.61 Å². The van der Waals surface area contributed by atoms with Crippen LogP contribution in [0.15, 0.2) is 47.6 Å². The Morgan fingerprint density at radius 2 is 2.29 bits per heavy atom. The molecule has 2 unspecified atom stereocenters. The van der Waals surface area contributed by atoms with Crippen molar-refractivity contribution in [2.45, 2.75) is 29.7 Å². The molecule has 1 aliphatic heterocycles. The Morgan fingerprint density at radius 3 is 3.12 bits per heavy atom. The van der Waals surface area contributed by atoms with E-state index in [4.69, 9.17) is 10.00 Å². The number of pyridine rings is 1. The van der Waals surface area contributed by atoms with E-state index in [0.717, 1.165) is 17.7 Å². The van der Waals surface area contributed by atoms with Crippen LogP contribution < -0.4 is 10.1 Å². The van der Waals surface area contributed by atoms with Gasteiger partial charge in [-0.15, -0.1) is 0 Å². The lowest BCUT2D eigenvalue weighted by Crippen LogP contribution is -2.36. The molecule has 0 radical (unpaired) electrons. The SMILES string of the molecule is CC(Sc1cc(C#N)ccn1)C(=O)NC1CCOc2ccccc21. The van der Waals surface area contributed by atoms with Crippen LogP contribution in [0.4, 0.5) is 0 Å². The Labute approximate surface area is 145 Å².